The minimum Gasteiger partial charge on any atom is -0.293 e. The number of Topliss-reactive ketones (excluding diaryl/α,β-unsaturated/α-hetero) is 1. The van der Waals surface area contributed by atoms with Crippen molar-refractivity contribution in [2.75, 3.05) is 0 Å². The van der Waals surface area contributed by atoms with Crippen molar-refractivity contribution in [2.45, 2.75) is 26.7 Å². The molecule has 0 N–H and O–H groups in total. The lowest BCUT2D eigenvalue weighted by Crippen LogP contribution is -2.01. The Morgan fingerprint density at radius 3 is 2.58 bits per heavy atom. The fourth-order valence-electron chi connectivity index (χ4n) is 0.881. The van der Waals surface area contributed by atoms with Gasteiger partial charge in [0, 0.05) is 12.6 Å². The molecule has 64 valence electrons. The summed E-state index contributed by atoms with van der Waals surface area (Å²) in [7, 11) is 0. The number of carbonyl (C=O) groups is 1. The highest BCUT2D eigenvalue weighted by Gasteiger charge is 2.05. The van der Waals surface area contributed by atoms with E-state index in [9.17, 15) is 4.79 Å². The van der Waals surface area contributed by atoms with Gasteiger partial charge in [-0.15, -0.1) is 0 Å². The zero-order valence-corrected chi connectivity index (χ0v) is 7.53. The molecule has 0 aromatic carbocycles. The average Bonchev–Trinajstić information content (AvgIpc) is 2.04. The molecule has 0 aliphatic heterocycles. The molecule has 0 atom stereocenters. The van der Waals surface area contributed by atoms with Crippen LogP contribution in [0.3, 0.4) is 0 Å². The number of hydrogen-bond donors (Lipinski definition) is 0. The second-order valence-electron chi connectivity index (χ2n) is 3.04. The van der Waals surface area contributed by atoms with Gasteiger partial charge in [0.25, 0.3) is 0 Å². The Balaban J connectivity index is 3.04. The summed E-state index contributed by atoms with van der Waals surface area (Å²) in [4.78, 5) is 18.8. The van der Waals surface area contributed by atoms with Crippen molar-refractivity contribution < 1.29 is 4.79 Å². The molecule has 0 saturated carbocycles. The van der Waals surface area contributed by atoms with Gasteiger partial charge in [-0.05, 0) is 12.0 Å². The van der Waals surface area contributed by atoms with Gasteiger partial charge in [-0.25, -0.2) is 9.97 Å². The van der Waals surface area contributed by atoms with Crippen LogP contribution in [-0.4, -0.2) is 15.8 Å². The van der Waals surface area contributed by atoms with Gasteiger partial charge in [0.1, 0.15) is 12.0 Å². The number of hydrogen-bond acceptors (Lipinski definition) is 3. The van der Waals surface area contributed by atoms with Crippen molar-refractivity contribution in [3.63, 3.8) is 0 Å². The molecule has 1 rings (SSSR count). The first-order valence-electron chi connectivity index (χ1n) is 3.94. The van der Waals surface area contributed by atoms with E-state index in [4.69, 9.17) is 0 Å². The van der Waals surface area contributed by atoms with Gasteiger partial charge in [0.05, 0.1) is 0 Å². The van der Waals surface area contributed by atoms with Crippen molar-refractivity contribution in [2.24, 2.45) is 0 Å². The summed E-state index contributed by atoms with van der Waals surface area (Å²) < 4.78 is 0. The minimum absolute atomic E-state index is 0.0145. The molecule has 0 spiro atoms. The predicted octanol–water partition coefficient (Wildman–Crippen LogP) is 1.80. The molecule has 1 aromatic rings. The maximum Gasteiger partial charge on any atom is 0.178 e. The zero-order valence-electron chi connectivity index (χ0n) is 7.53. The standard InChI is InChI=1S/C9H12N2O/c1-6(2)8-4-9(7(3)12)11-5-10-8/h4-6H,1-3H3. The van der Waals surface area contributed by atoms with E-state index in [0.29, 0.717) is 11.6 Å². The average molecular weight is 164 g/mol. The molecule has 12 heavy (non-hydrogen) atoms. The summed E-state index contributed by atoms with van der Waals surface area (Å²) in [6.45, 7) is 5.57. The third-order valence-corrected chi connectivity index (χ3v) is 1.64. The van der Waals surface area contributed by atoms with E-state index in [1.165, 1.54) is 13.3 Å². The molecule has 0 aliphatic rings. The van der Waals surface area contributed by atoms with Crippen LogP contribution in [0.5, 0.6) is 0 Å². The molecule has 0 radical (unpaired) electrons. The summed E-state index contributed by atoms with van der Waals surface area (Å²) in [6, 6.07) is 1.74. The highest BCUT2D eigenvalue weighted by atomic mass is 16.1. The molecular formula is C9H12N2O. The van der Waals surface area contributed by atoms with Crippen molar-refractivity contribution >= 4 is 5.78 Å². The van der Waals surface area contributed by atoms with Crippen molar-refractivity contribution in [3.05, 3.63) is 23.8 Å². The number of nitrogens with zero attached hydrogens (tertiary/aromatic N) is 2. The van der Waals surface area contributed by atoms with Gasteiger partial charge in [0.15, 0.2) is 5.78 Å². The van der Waals surface area contributed by atoms with Crippen LogP contribution in [0.15, 0.2) is 12.4 Å². The van der Waals surface area contributed by atoms with E-state index in [2.05, 4.69) is 9.97 Å². The third-order valence-electron chi connectivity index (χ3n) is 1.64. The second kappa shape index (κ2) is 3.43. The molecule has 3 nitrogen and oxygen atoms in total. The summed E-state index contributed by atoms with van der Waals surface area (Å²) >= 11 is 0. The lowest BCUT2D eigenvalue weighted by atomic mass is 10.1. The van der Waals surface area contributed by atoms with Gasteiger partial charge in [0.2, 0.25) is 0 Å². The highest BCUT2D eigenvalue weighted by molar-refractivity contribution is 5.92. The molecule has 0 fully saturated rings. The van der Waals surface area contributed by atoms with Gasteiger partial charge in [-0.2, -0.15) is 0 Å². The van der Waals surface area contributed by atoms with E-state index >= 15 is 0 Å². The van der Waals surface area contributed by atoms with E-state index in [1.807, 2.05) is 13.8 Å². The number of carbonyl (C=O) groups excluding carboxylic acids is 1. The van der Waals surface area contributed by atoms with Crippen LogP contribution in [-0.2, 0) is 0 Å². The Bertz CT molecular complexity index is 294. The molecule has 0 aliphatic carbocycles. The monoisotopic (exact) mass is 164 g/mol. The number of ketones is 1. The molecule has 3 heteroatoms. The fourth-order valence-corrected chi connectivity index (χ4v) is 0.881. The van der Waals surface area contributed by atoms with Gasteiger partial charge in [-0.3, -0.25) is 4.79 Å². The Kier molecular flexibility index (Phi) is 2.53. The van der Waals surface area contributed by atoms with Crippen LogP contribution in [0, 0.1) is 0 Å². The molecule has 1 heterocycles. The van der Waals surface area contributed by atoms with E-state index in [-0.39, 0.29) is 5.78 Å². The normalized spacial score (nSPS) is 10.3. The Hall–Kier alpha value is -1.25. The SMILES string of the molecule is CC(=O)c1cc(C(C)C)ncn1. The van der Waals surface area contributed by atoms with Crippen LogP contribution in [0.1, 0.15) is 42.9 Å². The first-order valence-corrected chi connectivity index (χ1v) is 3.94. The van der Waals surface area contributed by atoms with Gasteiger partial charge < -0.3 is 0 Å². The predicted molar refractivity (Wildman–Crippen MR) is 46.1 cm³/mol. The lowest BCUT2D eigenvalue weighted by molar-refractivity contribution is 0.101. The molecule has 1 aromatic heterocycles. The van der Waals surface area contributed by atoms with Crippen LogP contribution in [0.2, 0.25) is 0 Å². The first-order chi connectivity index (χ1) is 5.61. The fraction of sp³-hybridized carbons (Fsp3) is 0.444. The number of rotatable bonds is 2. The highest BCUT2D eigenvalue weighted by Crippen LogP contribution is 2.10. The van der Waals surface area contributed by atoms with Crippen molar-refractivity contribution in [1.29, 1.82) is 0 Å². The molecular weight excluding hydrogens is 152 g/mol. The Morgan fingerprint density at radius 2 is 2.08 bits per heavy atom. The lowest BCUT2D eigenvalue weighted by Gasteiger charge is -2.03. The molecule has 0 bridgehead atoms. The maximum absolute atomic E-state index is 10.9. The van der Waals surface area contributed by atoms with Gasteiger partial charge >= 0.3 is 0 Å². The van der Waals surface area contributed by atoms with E-state index < -0.39 is 0 Å². The molecule has 0 amide bonds. The van der Waals surface area contributed by atoms with Gasteiger partial charge in [-0.1, -0.05) is 13.8 Å². The zero-order chi connectivity index (χ0) is 9.14. The summed E-state index contributed by atoms with van der Waals surface area (Å²) in [6.07, 6.45) is 1.44. The quantitative estimate of drug-likeness (QED) is 0.626. The Morgan fingerprint density at radius 1 is 1.42 bits per heavy atom. The topological polar surface area (TPSA) is 42.9 Å². The second-order valence-corrected chi connectivity index (χ2v) is 3.04. The maximum atomic E-state index is 10.9. The summed E-state index contributed by atoms with van der Waals surface area (Å²) in [5.74, 6) is 0.324. The minimum atomic E-state index is -0.0145. The molecule has 0 saturated heterocycles. The third kappa shape index (κ3) is 1.87. The van der Waals surface area contributed by atoms with Crippen LogP contribution in [0.25, 0.3) is 0 Å². The van der Waals surface area contributed by atoms with Crippen LogP contribution < -0.4 is 0 Å². The number of aromatic nitrogens is 2. The smallest absolute Gasteiger partial charge is 0.178 e. The Labute approximate surface area is 71.9 Å². The molecule has 0 unspecified atom stereocenters. The van der Waals surface area contributed by atoms with E-state index in [0.717, 1.165) is 5.69 Å². The van der Waals surface area contributed by atoms with Crippen molar-refractivity contribution in [1.82, 2.24) is 9.97 Å². The summed E-state index contributed by atoms with van der Waals surface area (Å²) in [5.41, 5.74) is 1.41. The van der Waals surface area contributed by atoms with E-state index in [1.54, 1.807) is 6.07 Å². The summed E-state index contributed by atoms with van der Waals surface area (Å²) in [5, 5.41) is 0. The van der Waals surface area contributed by atoms with Crippen molar-refractivity contribution in [3.8, 4) is 0 Å². The van der Waals surface area contributed by atoms with Crippen LogP contribution in [0.4, 0.5) is 0 Å². The van der Waals surface area contributed by atoms with Crippen LogP contribution >= 0.6 is 0 Å². The first kappa shape index (κ1) is 8.84. The largest absolute Gasteiger partial charge is 0.293 e.